The summed E-state index contributed by atoms with van der Waals surface area (Å²) in [6, 6.07) is 0. The molecule has 6 nitrogen and oxygen atoms in total. The predicted octanol–water partition coefficient (Wildman–Crippen LogP) is 10.9. The minimum Gasteiger partial charge on any atom is -0.299 e. The molecule has 0 fully saturated rings. The first-order valence-corrected chi connectivity index (χ1v) is 20.9. The van der Waals surface area contributed by atoms with E-state index in [1.54, 1.807) is 0 Å². The van der Waals surface area contributed by atoms with E-state index < -0.39 is 11.6 Å². The predicted molar refractivity (Wildman–Crippen MR) is 215 cm³/mol. The first-order valence-electron chi connectivity index (χ1n) is 20.9. The smallest absolute Gasteiger partial charge is 0.146 e. The van der Waals surface area contributed by atoms with Gasteiger partial charge in [-0.1, -0.05) is 141 Å². The van der Waals surface area contributed by atoms with Crippen molar-refractivity contribution in [2.45, 2.75) is 199 Å². The van der Waals surface area contributed by atoms with Crippen LogP contribution in [0.5, 0.6) is 0 Å². The number of nitrogens with one attached hydrogen (secondary N) is 4. The largest absolute Gasteiger partial charge is 0.299 e. The van der Waals surface area contributed by atoms with Crippen LogP contribution in [-0.4, -0.2) is 45.4 Å². The number of hydrogen-bond acceptors (Lipinski definition) is 6. The fourth-order valence-electron chi connectivity index (χ4n) is 7.02. The number of hydrogen-bond donors (Lipinski definition) is 4. The van der Waals surface area contributed by atoms with Crippen molar-refractivity contribution in [1.29, 1.82) is 0 Å². The van der Waals surface area contributed by atoms with Gasteiger partial charge in [-0.2, -0.15) is 0 Å². The molecule has 0 aliphatic heterocycles. The Morgan fingerprint density at radius 1 is 0.449 bits per heavy atom. The number of rotatable bonds is 38. The molecule has 49 heavy (non-hydrogen) atoms. The van der Waals surface area contributed by atoms with E-state index in [1.807, 2.05) is 28.2 Å². The average molecular weight is 688 g/mol. The molecule has 0 aromatic heterocycles. The van der Waals surface area contributed by atoms with Crippen molar-refractivity contribution >= 4 is 11.6 Å². The lowest BCUT2D eigenvalue weighted by Gasteiger charge is -2.43. The van der Waals surface area contributed by atoms with Crippen molar-refractivity contribution in [2.75, 3.05) is 28.2 Å². The summed E-state index contributed by atoms with van der Waals surface area (Å²) in [6.45, 7) is 4.54. The van der Waals surface area contributed by atoms with Crippen LogP contribution in [0.25, 0.3) is 0 Å². The molecule has 4 N–H and O–H groups in total. The van der Waals surface area contributed by atoms with Gasteiger partial charge in [0.15, 0.2) is 0 Å². The molecule has 0 saturated heterocycles. The highest BCUT2D eigenvalue weighted by Crippen LogP contribution is 2.28. The summed E-state index contributed by atoms with van der Waals surface area (Å²) in [7, 11) is 7.30. The van der Waals surface area contributed by atoms with Gasteiger partial charge in [0.2, 0.25) is 0 Å². The fraction of sp³-hybridized carbons (Fsp3) is 0.837. The van der Waals surface area contributed by atoms with Crippen LogP contribution in [0.1, 0.15) is 194 Å². The number of carbonyl (C=O) groups is 2. The summed E-state index contributed by atoms with van der Waals surface area (Å²) in [4.78, 5) is 27.6. The normalized spacial score (nSPS) is 12.4. The molecule has 0 aliphatic rings. The van der Waals surface area contributed by atoms with E-state index in [2.05, 4.69) is 59.4 Å². The Balaban J connectivity index is 4.59. The molecule has 0 heterocycles. The van der Waals surface area contributed by atoms with Gasteiger partial charge in [0.05, 0.1) is 0 Å². The molecule has 0 aliphatic carbocycles. The van der Waals surface area contributed by atoms with Crippen LogP contribution in [0.3, 0.4) is 0 Å². The van der Waals surface area contributed by atoms with Gasteiger partial charge in [-0.25, -0.2) is 0 Å². The number of Topliss-reactive ketones (excluding diaryl/α,β-unsaturated/α-hetero) is 2. The van der Waals surface area contributed by atoms with E-state index >= 15 is 0 Å². The first-order chi connectivity index (χ1) is 24.0. The second-order valence-electron chi connectivity index (χ2n) is 14.2. The maximum absolute atomic E-state index is 13.8. The van der Waals surface area contributed by atoms with Crippen LogP contribution < -0.4 is 21.3 Å². The number of unbranched alkanes of at least 4 members (excludes halogenated alkanes) is 22. The quantitative estimate of drug-likeness (QED) is 0.0224. The monoisotopic (exact) mass is 688 g/mol. The highest BCUT2D eigenvalue weighted by Gasteiger charge is 2.49. The van der Waals surface area contributed by atoms with Gasteiger partial charge in [-0.05, 0) is 92.4 Å². The van der Waals surface area contributed by atoms with Crippen molar-refractivity contribution in [3.63, 3.8) is 0 Å². The number of carbonyl (C=O) groups excluding carboxylic acids is 2. The summed E-state index contributed by atoms with van der Waals surface area (Å²) >= 11 is 0. The average Bonchev–Trinajstić information content (AvgIpc) is 3.11. The second kappa shape index (κ2) is 35.1. The molecule has 0 bridgehead atoms. The highest BCUT2D eigenvalue weighted by atomic mass is 16.2. The first kappa shape index (κ1) is 47.7. The molecule has 0 rings (SSSR count). The lowest BCUT2D eigenvalue weighted by atomic mass is 9.79. The number of likely N-dealkylation sites (N-methyl/N-ethyl adjacent to an activating group) is 4. The van der Waals surface area contributed by atoms with Crippen molar-refractivity contribution in [3.8, 4) is 0 Å². The molecule has 6 heteroatoms. The zero-order valence-corrected chi connectivity index (χ0v) is 33.5. The molecule has 0 spiro atoms. The minimum atomic E-state index is -0.985. The standard InChI is InChI=1S/C43H83N4O2/c1-7-9-11-13-15-17-19-21-23-25-27-29-31-33-35-37-39(48)41(43(46-5,47-6)42(44-3)45-4)40(49)38-36-34-32-30-28-26-24-22-20-18-16-14-12-10-8-2/h21-24,41,44-47H,7-20,25-38H2,1-6H3/b23-21-,24-22-. The van der Waals surface area contributed by atoms with Crippen LogP contribution in [0.15, 0.2) is 24.3 Å². The molecular weight excluding hydrogens is 604 g/mol. The van der Waals surface area contributed by atoms with Gasteiger partial charge < -0.3 is 0 Å². The van der Waals surface area contributed by atoms with Gasteiger partial charge in [-0.15, -0.1) is 0 Å². The molecule has 287 valence electrons. The fourth-order valence-corrected chi connectivity index (χ4v) is 7.02. The van der Waals surface area contributed by atoms with E-state index in [9.17, 15) is 9.59 Å². The molecule has 0 atom stereocenters. The molecule has 0 amide bonds. The van der Waals surface area contributed by atoms with Crippen molar-refractivity contribution in [3.05, 3.63) is 30.5 Å². The molecule has 0 aromatic rings. The van der Waals surface area contributed by atoms with Crippen molar-refractivity contribution < 1.29 is 9.59 Å². The summed E-state index contributed by atoms with van der Waals surface area (Å²) in [6.07, 6.45) is 42.9. The lowest BCUT2D eigenvalue weighted by Crippen LogP contribution is -2.71. The maximum Gasteiger partial charge on any atom is 0.146 e. The Labute approximate surface area is 305 Å². The Hall–Kier alpha value is -1.34. The van der Waals surface area contributed by atoms with E-state index in [0.717, 1.165) is 51.4 Å². The summed E-state index contributed by atoms with van der Waals surface area (Å²) < 4.78 is 0. The number of ketones is 2. The summed E-state index contributed by atoms with van der Waals surface area (Å²) in [5.74, 6) is -0.727. The van der Waals surface area contributed by atoms with Crippen LogP contribution in [0.4, 0.5) is 0 Å². The third kappa shape index (κ3) is 23.7. The van der Waals surface area contributed by atoms with Gasteiger partial charge in [0.25, 0.3) is 0 Å². The van der Waals surface area contributed by atoms with E-state index in [-0.39, 0.29) is 11.6 Å². The SMILES string of the molecule is CCCCCCCC/C=C\CCCCCCCC(=O)C(C(=O)CCCCCCC/C=C\CCCCCCCC)C(NC)(NC)[C](NC)NC. The van der Waals surface area contributed by atoms with Gasteiger partial charge in [0, 0.05) is 12.8 Å². The Morgan fingerprint density at radius 3 is 1.02 bits per heavy atom. The second-order valence-corrected chi connectivity index (χ2v) is 14.2. The van der Waals surface area contributed by atoms with Crippen LogP contribution in [-0.2, 0) is 9.59 Å². The molecule has 0 unspecified atom stereocenters. The maximum atomic E-state index is 13.8. The highest BCUT2D eigenvalue weighted by molar-refractivity contribution is 6.04. The molecule has 1 radical (unpaired) electrons. The van der Waals surface area contributed by atoms with E-state index in [4.69, 9.17) is 0 Å². The zero-order chi connectivity index (χ0) is 36.3. The minimum absolute atomic E-state index is 0.0297. The van der Waals surface area contributed by atoms with Gasteiger partial charge in [-0.3, -0.25) is 30.9 Å². The molecular formula is C43H83N4O2. The van der Waals surface area contributed by atoms with E-state index in [1.165, 1.54) is 116 Å². The van der Waals surface area contributed by atoms with E-state index in [0.29, 0.717) is 19.0 Å². The zero-order valence-electron chi connectivity index (χ0n) is 33.5. The number of allylic oxidation sites excluding steroid dienone is 4. The lowest BCUT2D eigenvalue weighted by molar-refractivity contribution is -0.137. The van der Waals surface area contributed by atoms with Gasteiger partial charge in [0.1, 0.15) is 29.3 Å². The Morgan fingerprint density at radius 2 is 0.735 bits per heavy atom. The third-order valence-corrected chi connectivity index (χ3v) is 10.1. The Bertz CT molecular complexity index is 752. The Kier molecular flexibility index (Phi) is 34.1. The van der Waals surface area contributed by atoms with Crippen LogP contribution in [0.2, 0.25) is 0 Å². The van der Waals surface area contributed by atoms with Crippen LogP contribution in [0, 0.1) is 12.1 Å². The van der Waals surface area contributed by atoms with Gasteiger partial charge >= 0.3 is 0 Å². The third-order valence-electron chi connectivity index (χ3n) is 10.1. The molecule has 0 aromatic carbocycles. The van der Waals surface area contributed by atoms with Crippen LogP contribution >= 0.6 is 0 Å². The molecule has 0 saturated carbocycles. The topological polar surface area (TPSA) is 82.3 Å². The van der Waals surface area contributed by atoms with Crippen molar-refractivity contribution in [2.24, 2.45) is 5.92 Å². The summed E-state index contributed by atoms with van der Waals surface area (Å²) in [5, 5.41) is 13.0. The summed E-state index contributed by atoms with van der Waals surface area (Å²) in [5.41, 5.74) is -0.985. The van der Waals surface area contributed by atoms with Crippen molar-refractivity contribution in [1.82, 2.24) is 21.3 Å².